The normalized spacial score (nSPS) is 14.6. The number of nitrogens with zero attached hydrogens (tertiary/aromatic N) is 2. The molecular weight excluding hydrogens is 574 g/mol. The predicted octanol–water partition coefficient (Wildman–Crippen LogP) is 5.46. The van der Waals surface area contributed by atoms with Gasteiger partial charge in [0.15, 0.2) is 0 Å². The van der Waals surface area contributed by atoms with E-state index in [-0.39, 0.29) is 30.3 Å². The van der Waals surface area contributed by atoms with Crippen LogP contribution < -0.4 is 14.4 Å². The molecule has 0 aromatic heterocycles. The fourth-order valence-corrected chi connectivity index (χ4v) is 6.48. The molecule has 0 bridgehead atoms. The maximum absolute atomic E-state index is 14.3. The van der Waals surface area contributed by atoms with Gasteiger partial charge in [-0.25, -0.2) is 8.42 Å². The molecule has 0 spiro atoms. The van der Waals surface area contributed by atoms with Crippen molar-refractivity contribution in [2.75, 3.05) is 24.2 Å². The molecule has 1 unspecified atom stereocenters. The lowest BCUT2D eigenvalue weighted by molar-refractivity contribution is -0.140. The Morgan fingerprint density at radius 3 is 2.16 bits per heavy atom. The zero-order chi connectivity index (χ0) is 31.9. The third kappa shape index (κ3) is 8.85. The molecular formula is C35H45N3O5S. The maximum Gasteiger partial charge on any atom is 0.244 e. The Balaban J connectivity index is 1.73. The first-order valence-electron chi connectivity index (χ1n) is 15.2. The van der Waals surface area contributed by atoms with Crippen molar-refractivity contribution >= 4 is 27.5 Å². The van der Waals surface area contributed by atoms with Crippen molar-refractivity contribution in [2.45, 2.75) is 76.9 Å². The third-order valence-electron chi connectivity index (χ3n) is 8.16. The standard InChI is InChI=1S/C35H45N3O5S/c1-35(2,3)28-18-20-30(21-19-28)38(44(5,41)42)25-33(39)37(24-27-14-11-17-31(22-27)43-4)32(23-26-12-7-6-8-13-26)34(40)36-29-15-9-10-16-29/h6-8,11-14,17-22,29,32H,9-10,15-16,23-25H2,1-5H3,(H,36,40). The van der Waals surface area contributed by atoms with Crippen molar-refractivity contribution < 1.29 is 22.7 Å². The van der Waals surface area contributed by atoms with E-state index in [2.05, 4.69) is 26.1 Å². The number of nitrogens with one attached hydrogen (secondary N) is 1. The Bertz CT molecular complexity index is 1510. The molecule has 1 aliphatic rings. The number of sulfonamides is 1. The summed E-state index contributed by atoms with van der Waals surface area (Å²) in [4.78, 5) is 29.8. The Hall–Kier alpha value is -3.85. The number of ether oxygens (including phenoxy) is 1. The molecule has 1 aliphatic carbocycles. The Kier molecular flexibility index (Phi) is 10.7. The van der Waals surface area contributed by atoms with Gasteiger partial charge in [-0.3, -0.25) is 13.9 Å². The van der Waals surface area contributed by atoms with Gasteiger partial charge >= 0.3 is 0 Å². The zero-order valence-corrected chi connectivity index (χ0v) is 27.3. The first-order chi connectivity index (χ1) is 20.8. The van der Waals surface area contributed by atoms with Crippen LogP contribution in [0.15, 0.2) is 78.9 Å². The molecule has 8 nitrogen and oxygen atoms in total. The summed E-state index contributed by atoms with van der Waals surface area (Å²) in [6, 6.07) is 23.4. The Morgan fingerprint density at radius 1 is 0.932 bits per heavy atom. The molecule has 1 fully saturated rings. The number of methoxy groups -OCH3 is 1. The summed E-state index contributed by atoms with van der Waals surface area (Å²) in [5, 5.41) is 3.19. The van der Waals surface area contributed by atoms with Gasteiger partial charge in [0.25, 0.3) is 0 Å². The number of anilines is 1. The first kappa shape index (κ1) is 33.1. The topological polar surface area (TPSA) is 96.0 Å². The van der Waals surface area contributed by atoms with Crippen molar-refractivity contribution in [2.24, 2.45) is 0 Å². The van der Waals surface area contributed by atoms with Crippen LogP contribution in [0, 0.1) is 0 Å². The van der Waals surface area contributed by atoms with Gasteiger partial charge in [-0.05, 0) is 59.2 Å². The highest BCUT2D eigenvalue weighted by molar-refractivity contribution is 7.92. The number of carbonyl (C=O) groups excluding carboxylic acids is 2. The smallest absolute Gasteiger partial charge is 0.244 e. The molecule has 1 atom stereocenters. The monoisotopic (exact) mass is 619 g/mol. The van der Waals surface area contributed by atoms with Crippen molar-refractivity contribution in [3.8, 4) is 5.75 Å². The van der Waals surface area contributed by atoms with Gasteiger partial charge in [0.2, 0.25) is 21.8 Å². The van der Waals surface area contributed by atoms with Crippen LogP contribution in [-0.4, -0.2) is 57.1 Å². The summed E-state index contributed by atoms with van der Waals surface area (Å²) in [5.41, 5.74) is 3.00. The number of amides is 2. The second kappa shape index (κ2) is 14.3. The van der Waals surface area contributed by atoms with Gasteiger partial charge in [0, 0.05) is 19.0 Å². The molecule has 4 rings (SSSR count). The molecule has 0 heterocycles. The van der Waals surface area contributed by atoms with Crippen molar-refractivity contribution in [1.29, 1.82) is 0 Å². The Labute approximate surface area is 262 Å². The van der Waals surface area contributed by atoms with Gasteiger partial charge in [-0.1, -0.05) is 88.2 Å². The highest BCUT2D eigenvalue weighted by Crippen LogP contribution is 2.27. The molecule has 2 amide bonds. The van der Waals surface area contributed by atoms with Crippen LogP contribution in [0.5, 0.6) is 5.75 Å². The van der Waals surface area contributed by atoms with E-state index in [9.17, 15) is 18.0 Å². The van der Waals surface area contributed by atoms with E-state index in [1.807, 2.05) is 66.7 Å². The quantitative estimate of drug-likeness (QED) is 0.291. The summed E-state index contributed by atoms with van der Waals surface area (Å²) in [7, 11) is -2.26. The van der Waals surface area contributed by atoms with Crippen molar-refractivity contribution in [3.05, 3.63) is 95.6 Å². The van der Waals surface area contributed by atoms with E-state index >= 15 is 0 Å². The number of hydrogen-bond acceptors (Lipinski definition) is 5. The fourth-order valence-electron chi connectivity index (χ4n) is 5.63. The van der Waals surface area contributed by atoms with E-state index in [1.165, 1.54) is 4.90 Å². The van der Waals surface area contributed by atoms with Crippen LogP contribution in [0.1, 0.15) is 63.1 Å². The van der Waals surface area contributed by atoms with Crippen LogP contribution in [0.25, 0.3) is 0 Å². The van der Waals surface area contributed by atoms with Gasteiger partial charge in [0.05, 0.1) is 19.1 Å². The number of hydrogen-bond donors (Lipinski definition) is 1. The highest BCUT2D eigenvalue weighted by atomic mass is 32.2. The highest BCUT2D eigenvalue weighted by Gasteiger charge is 2.34. The molecule has 0 aliphatic heterocycles. The van der Waals surface area contributed by atoms with E-state index in [0.29, 0.717) is 11.4 Å². The molecule has 0 radical (unpaired) electrons. The van der Waals surface area contributed by atoms with Gasteiger partial charge in [-0.15, -0.1) is 0 Å². The molecule has 44 heavy (non-hydrogen) atoms. The van der Waals surface area contributed by atoms with Crippen LogP contribution >= 0.6 is 0 Å². The minimum Gasteiger partial charge on any atom is -0.497 e. The molecule has 3 aromatic carbocycles. The lowest BCUT2D eigenvalue weighted by atomic mass is 9.87. The first-order valence-corrected chi connectivity index (χ1v) is 17.0. The second-order valence-electron chi connectivity index (χ2n) is 12.6. The molecule has 1 saturated carbocycles. The molecule has 1 N–H and O–H groups in total. The van der Waals surface area contributed by atoms with Crippen LogP contribution in [-0.2, 0) is 38.0 Å². The van der Waals surface area contributed by atoms with Crippen molar-refractivity contribution in [1.82, 2.24) is 10.2 Å². The van der Waals surface area contributed by atoms with Crippen molar-refractivity contribution in [3.63, 3.8) is 0 Å². The van der Waals surface area contributed by atoms with E-state index in [1.54, 1.807) is 19.2 Å². The van der Waals surface area contributed by atoms with Crippen LogP contribution in [0.3, 0.4) is 0 Å². The summed E-state index contributed by atoms with van der Waals surface area (Å²) < 4.78 is 32.7. The summed E-state index contributed by atoms with van der Waals surface area (Å²) >= 11 is 0. The minimum atomic E-state index is -3.84. The maximum atomic E-state index is 14.3. The third-order valence-corrected chi connectivity index (χ3v) is 9.30. The van der Waals surface area contributed by atoms with Crippen LogP contribution in [0.2, 0.25) is 0 Å². The number of rotatable bonds is 12. The van der Waals surface area contributed by atoms with E-state index in [4.69, 9.17) is 4.74 Å². The average molecular weight is 620 g/mol. The minimum absolute atomic E-state index is 0.0587. The zero-order valence-electron chi connectivity index (χ0n) is 26.5. The fraction of sp³-hybridized carbons (Fsp3) is 0.429. The Morgan fingerprint density at radius 2 is 1.57 bits per heavy atom. The summed E-state index contributed by atoms with van der Waals surface area (Å²) in [5.74, 6) is -0.0836. The molecule has 236 valence electrons. The molecule has 0 saturated heterocycles. The van der Waals surface area contributed by atoms with Gasteiger partial charge < -0.3 is 15.0 Å². The van der Waals surface area contributed by atoms with E-state index < -0.39 is 28.5 Å². The van der Waals surface area contributed by atoms with Crippen LogP contribution in [0.4, 0.5) is 5.69 Å². The largest absolute Gasteiger partial charge is 0.497 e. The van der Waals surface area contributed by atoms with Gasteiger partial charge in [0.1, 0.15) is 18.3 Å². The second-order valence-corrected chi connectivity index (χ2v) is 14.5. The van der Waals surface area contributed by atoms with Gasteiger partial charge in [-0.2, -0.15) is 0 Å². The molecule has 9 heteroatoms. The average Bonchev–Trinajstić information content (AvgIpc) is 3.50. The molecule has 3 aromatic rings. The SMILES string of the molecule is COc1cccc(CN(C(=O)CN(c2ccc(C(C)(C)C)cc2)S(C)(=O)=O)C(Cc2ccccc2)C(=O)NC2CCCC2)c1. The predicted molar refractivity (Wildman–Crippen MR) is 175 cm³/mol. The summed E-state index contributed by atoms with van der Waals surface area (Å²) in [6.07, 6.45) is 5.29. The number of carbonyl (C=O) groups is 2. The van der Waals surface area contributed by atoms with E-state index in [0.717, 1.165) is 52.9 Å². The number of benzene rings is 3. The lowest BCUT2D eigenvalue weighted by Crippen LogP contribution is -2.54. The summed E-state index contributed by atoms with van der Waals surface area (Å²) in [6.45, 7) is 5.91. The lowest BCUT2D eigenvalue weighted by Gasteiger charge is -2.34.